The number of nitrogens with two attached hydrogens (primary N) is 1. The summed E-state index contributed by atoms with van der Waals surface area (Å²) in [4.78, 5) is 9.60. The lowest BCUT2D eigenvalue weighted by Gasteiger charge is -2.17. The van der Waals surface area contributed by atoms with Gasteiger partial charge in [-0.05, 0) is 24.3 Å². The molecule has 0 aliphatic carbocycles. The van der Waals surface area contributed by atoms with Gasteiger partial charge in [0.2, 0.25) is 0 Å². The topological polar surface area (TPSA) is 140 Å². The molecule has 0 atom stereocenters. The maximum Gasteiger partial charge on any atom is 0.130 e. The van der Waals surface area contributed by atoms with Gasteiger partial charge in [0.05, 0.1) is 31.5 Å². The molecule has 158 valence electrons. The van der Waals surface area contributed by atoms with Crippen LogP contribution < -0.4 is 5.73 Å². The van der Waals surface area contributed by atoms with E-state index in [0.29, 0.717) is 40.5 Å². The first-order valence-corrected chi connectivity index (χ1v) is 9.52. The Labute approximate surface area is 185 Å². The Hall–Kier alpha value is -1.90. The minimum absolute atomic E-state index is 0.0694. The average Bonchev–Trinajstić information content (AvgIpc) is 2.69. The molecule has 0 saturated heterocycles. The van der Waals surface area contributed by atoms with Crippen molar-refractivity contribution in [2.24, 2.45) is 5.73 Å². The van der Waals surface area contributed by atoms with E-state index in [1.54, 1.807) is 29.3 Å². The van der Waals surface area contributed by atoms with Crippen LogP contribution in [0.5, 0.6) is 0 Å². The molecular formula is C18H23Cl2N5O3S. The van der Waals surface area contributed by atoms with Crippen molar-refractivity contribution in [2.45, 2.75) is 0 Å². The first kappa shape index (κ1) is 27.1. The molecule has 2 aromatic heterocycles. The van der Waals surface area contributed by atoms with E-state index in [1.807, 2.05) is 6.07 Å². The number of nitriles is 1. The van der Waals surface area contributed by atoms with Gasteiger partial charge in [-0.1, -0.05) is 35.4 Å². The van der Waals surface area contributed by atoms with Gasteiger partial charge in [0.1, 0.15) is 15.3 Å². The fourth-order valence-electron chi connectivity index (χ4n) is 1.79. The van der Waals surface area contributed by atoms with Crippen LogP contribution in [0.3, 0.4) is 0 Å². The maximum absolute atomic E-state index is 8.48. The fourth-order valence-corrected chi connectivity index (χ4v) is 2.26. The van der Waals surface area contributed by atoms with Gasteiger partial charge in [0.25, 0.3) is 0 Å². The van der Waals surface area contributed by atoms with Crippen LogP contribution >= 0.6 is 35.4 Å². The quantitative estimate of drug-likeness (QED) is 0.355. The first-order chi connectivity index (χ1) is 13.9. The highest BCUT2D eigenvalue weighted by atomic mass is 35.5. The van der Waals surface area contributed by atoms with Crippen molar-refractivity contribution in [1.82, 2.24) is 14.9 Å². The Bertz CT molecular complexity index is 763. The molecular weight excluding hydrogens is 437 g/mol. The van der Waals surface area contributed by atoms with Crippen molar-refractivity contribution in [3.05, 3.63) is 58.1 Å². The van der Waals surface area contributed by atoms with E-state index in [0.717, 1.165) is 5.56 Å². The molecule has 0 saturated carbocycles. The van der Waals surface area contributed by atoms with Crippen LogP contribution in [-0.2, 0) is 0 Å². The van der Waals surface area contributed by atoms with Crippen molar-refractivity contribution in [2.75, 3.05) is 39.5 Å². The Morgan fingerprint density at radius 1 is 1.00 bits per heavy atom. The van der Waals surface area contributed by atoms with E-state index in [1.165, 1.54) is 12.3 Å². The van der Waals surface area contributed by atoms with Crippen LogP contribution in [0.1, 0.15) is 11.1 Å². The smallest absolute Gasteiger partial charge is 0.130 e. The summed E-state index contributed by atoms with van der Waals surface area (Å²) in [5.41, 5.74) is 6.61. The molecule has 0 aliphatic heterocycles. The molecule has 29 heavy (non-hydrogen) atoms. The molecule has 5 N–H and O–H groups in total. The van der Waals surface area contributed by atoms with Gasteiger partial charge in [-0.2, -0.15) is 5.26 Å². The highest BCUT2D eigenvalue weighted by Gasteiger charge is 2.00. The zero-order valence-electron chi connectivity index (χ0n) is 15.6. The van der Waals surface area contributed by atoms with Gasteiger partial charge in [-0.15, -0.1) is 0 Å². The first-order valence-electron chi connectivity index (χ1n) is 8.35. The van der Waals surface area contributed by atoms with Crippen LogP contribution in [0.2, 0.25) is 10.3 Å². The van der Waals surface area contributed by atoms with Crippen LogP contribution in [0.25, 0.3) is 0 Å². The average molecular weight is 460 g/mol. The third-order valence-corrected chi connectivity index (χ3v) is 3.76. The maximum atomic E-state index is 8.48. The molecule has 0 radical (unpaired) electrons. The zero-order valence-corrected chi connectivity index (χ0v) is 17.9. The number of aliphatic hydroxyl groups is 3. The van der Waals surface area contributed by atoms with Crippen LogP contribution in [0, 0.1) is 11.3 Å². The van der Waals surface area contributed by atoms with Crippen molar-refractivity contribution in [1.29, 1.82) is 5.26 Å². The largest absolute Gasteiger partial charge is 0.395 e. The Balaban J connectivity index is 0.000000406. The van der Waals surface area contributed by atoms with Crippen LogP contribution in [-0.4, -0.2) is 74.6 Å². The molecule has 8 nitrogen and oxygen atoms in total. The standard InChI is InChI=1S/C6H5ClN2S.C6H3ClN2.C6H15NO3/c7-5-3-4(6(8)10)1-2-9-5;7-6-3-5(4-8)1-2-9-6;8-4-1-7(2-5-9)3-6-10/h1-3H,(H2,8,10);1-3H;8-10H,1-6H2. The highest BCUT2D eigenvalue weighted by molar-refractivity contribution is 7.80. The predicted molar refractivity (Wildman–Crippen MR) is 117 cm³/mol. The summed E-state index contributed by atoms with van der Waals surface area (Å²) in [6.07, 6.45) is 3.07. The molecule has 0 fully saturated rings. The normalized spacial score (nSPS) is 9.55. The number of halogens is 2. The number of aliphatic hydroxyl groups excluding tert-OH is 3. The summed E-state index contributed by atoms with van der Waals surface area (Å²) in [6, 6.07) is 8.41. The summed E-state index contributed by atoms with van der Waals surface area (Å²) in [5, 5.41) is 34.5. The Morgan fingerprint density at radius 3 is 1.79 bits per heavy atom. The Morgan fingerprint density at radius 2 is 1.48 bits per heavy atom. The molecule has 2 rings (SSSR count). The predicted octanol–water partition coefficient (Wildman–Crippen LogP) is 1.24. The van der Waals surface area contributed by atoms with E-state index < -0.39 is 0 Å². The van der Waals surface area contributed by atoms with Gasteiger partial charge in [0, 0.05) is 37.6 Å². The van der Waals surface area contributed by atoms with Gasteiger partial charge in [-0.3, -0.25) is 4.90 Å². The summed E-state index contributed by atoms with van der Waals surface area (Å²) < 4.78 is 0. The van der Waals surface area contributed by atoms with Crippen molar-refractivity contribution in [3.8, 4) is 6.07 Å². The van der Waals surface area contributed by atoms with E-state index >= 15 is 0 Å². The molecule has 2 aromatic rings. The minimum atomic E-state index is 0.0694. The van der Waals surface area contributed by atoms with Crippen LogP contribution in [0.4, 0.5) is 0 Å². The van der Waals surface area contributed by atoms with Gasteiger partial charge >= 0.3 is 0 Å². The molecule has 0 bridgehead atoms. The monoisotopic (exact) mass is 459 g/mol. The lowest BCUT2D eigenvalue weighted by atomic mass is 10.3. The second-order valence-electron chi connectivity index (χ2n) is 5.22. The van der Waals surface area contributed by atoms with Crippen molar-refractivity contribution >= 4 is 40.4 Å². The zero-order chi connectivity index (χ0) is 22.1. The number of pyridine rings is 2. The second-order valence-corrected chi connectivity index (χ2v) is 6.44. The Kier molecular flexibility index (Phi) is 15.9. The molecule has 11 heteroatoms. The van der Waals surface area contributed by atoms with Crippen LogP contribution in [0.15, 0.2) is 36.7 Å². The molecule has 0 aliphatic rings. The molecule has 0 amide bonds. The van der Waals surface area contributed by atoms with Gasteiger partial charge in [0.15, 0.2) is 0 Å². The highest BCUT2D eigenvalue weighted by Crippen LogP contribution is 2.06. The molecule has 2 heterocycles. The summed E-state index contributed by atoms with van der Waals surface area (Å²) in [5.74, 6) is 0. The second kappa shape index (κ2) is 17.0. The van der Waals surface area contributed by atoms with E-state index in [2.05, 4.69) is 9.97 Å². The number of rotatable bonds is 7. The number of nitrogens with zero attached hydrogens (tertiary/aromatic N) is 4. The van der Waals surface area contributed by atoms with E-state index in [9.17, 15) is 0 Å². The van der Waals surface area contributed by atoms with E-state index in [-0.39, 0.29) is 19.8 Å². The molecule has 0 spiro atoms. The number of thiocarbonyl (C=S) groups is 1. The third-order valence-electron chi connectivity index (χ3n) is 3.12. The summed E-state index contributed by atoms with van der Waals surface area (Å²) >= 11 is 15.7. The SMILES string of the molecule is N#Cc1ccnc(Cl)c1.NC(=S)c1ccnc(Cl)c1.OCCN(CCO)CCO. The number of hydrogen-bond acceptors (Lipinski definition) is 8. The molecule has 0 unspecified atom stereocenters. The minimum Gasteiger partial charge on any atom is -0.395 e. The van der Waals surface area contributed by atoms with Crippen molar-refractivity contribution in [3.63, 3.8) is 0 Å². The number of hydrogen-bond donors (Lipinski definition) is 4. The lowest BCUT2D eigenvalue weighted by molar-refractivity contribution is 0.136. The van der Waals surface area contributed by atoms with Gasteiger partial charge in [-0.25, -0.2) is 9.97 Å². The molecule has 0 aromatic carbocycles. The number of aromatic nitrogens is 2. The van der Waals surface area contributed by atoms with Gasteiger partial charge < -0.3 is 21.1 Å². The fraction of sp³-hybridized carbons (Fsp3) is 0.333. The summed E-state index contributed by atoms with van der Waals surface area (Å²) in [6.45, 7) is 1.75. The lowest BCUT2D eigenvalue weighted by Crippen LogP contribution is -2.32. The third kappa shape index (κ3) is 13.8. The van der Waals surface area contributed by atoms with Crippen molar-refractivity contribution < 1.29 is 15.3 Å². The summed E-state index contributed by atoms with van der Waals surface area (Å²) in [7, 11) is 0. The van der Waals surface area contributed by atoms with E-state index in [4.69, 9.17) is 61.7 Å².